The van der Waals surface area contributed by atoms with Crippen LogP contribution in [0.25, 0.3) is 138 Å². The number of nitrogens with zero attached hydrogens (tertiary/aromatic N) is 3. The highest BCUT2D eigenvalue weighted by atomic mass is 16.3. The first-order chi connectivity index (χ1) is 34.9. The highest BCUT2D eigenvalue weighted by Gasteiger charge is 2.36. The van der Waals surface area contributed by atoms with E-state index in [1.54, 1.807) is 0 Å². The van der Waals surface area contributed by atoms with E-state index in [9.17, 15) is 0 Å². The number of rotatable bonds is 6. The van der Waals surface area contributed by atoms with E-state index in [2.05, 4.69) is 225 Å². The number of benzene rings is 10. The third-order valence-electron chi connectivity index (χ3n) is 15.4. The molecule has 4 aromatic heterocycles. The maximum Gasteiger partial charge on any atom is 0.160 e. The molecular weight excluding hydrogens is 863 g/mol. The lowest BCUT2D eigenvalue weighted by molar-refractivity contribution is 0.660. The summed E-state index contributed by atoms with van der Waals surface area (Å²) in [6.45, 7) is 4.68. The van der Waals surface area contributed by atoms with Crippen LogP contribution in [0.5, 0.6) is 0 Å². The summed E-state index contributed by atoms with van der Waals surface area (Å²) in [6.07, 6.45) is 0. The Bertz CT molecular complexity index is 4420. The molecule has 4 heteroatoms. The molecule has 332 valence electrons. The predicted molar refractivity (Wildman–Crippen MR) is 294 cm³/mol. The van der Waals surface area contributed by atoms with E-state index in [0.29, 0.717) is 0 Å². The smallest absolute Gasteiger partial charge is 0.160 e. The lowest BCUT2D eigenvalue weighted by atomic mass is 9.82. The van der Waals surface area contributed by atoms with Crippen molar-refractivity contribution in [1.29, 1.82) is 0 Å². The van der Waals surface area contributed by atoms with Gasteiger partial charge in [0.1, 0.15) is 11.2 Å². The summed E-state index contributed by atoms with van der Waals surface area (Å²) in [5.41, 5.74) is 22.4. The summed E-state index contributed by atoms with van der Waals surface area (Å²) in [7, 11) is 0. The van der Waals surface area contributed by atoms with Crippen LogP contribution < -0.4 is 0 Å². The summed E-state index contributed by atoms with van der Waals surface area (Å²) in [6, 6.07) is 81.3. The molecule has 1 aliphatic carbocycles. The zero-order valence-corrected chi connectivity index (χ0v) is 39.1. The minimum Gasteiger partial charge on any atom is -0.455 e. The Kier molecular flexibility index (Phi) is 8.38. The SMILES string of the molecule is CC1(C)c2ccc(-c3cccc(-c4ccc5c6cccc7c8ccc(-c9cccc%10c9oc9ccccc9%10)cc8n(c5c4)c67)c3)cc2-c2cc(-c3nc(-c4ccccc4)cc(-c4ccccc4)n3)ccc21. The second-order valence-electron chi connectivity index (χ2n) is 19.7. The van der Waals surface area contributed by atoms with E-state index in [4.69, 9.17) is 14.4 Å². The van der Waals surface area contributed by atoms with E-state index in [-0.39, 0.29) is 5.41 Å². The van der Waals surface area contributed by atoms with Gasteiger partial charge in [0, 0.05) is 60.0 Å². The quantitative estimate of drug-likeness (QED) is 0.167. The van der Waals surface area contributed by atoms with Gasteiger partial charge in [-0.1, -0.05) is 196 Å². The van der Waals surface area contributed by atoms with Crippen LogP contribution in [0.3, 0.4) is 0 Å². The lowest BCUT2D eigenvalue weighted by Crippen LogP contribution is -2.14. The Hall–Kier alpha value is -9.12. The van der Waals surface area contributed by atoms with Gasteiger partial charge in [0.15, 0.2) is 5.82 Å². The van der Waals surface area contributed by atoms with Gasteiger partial charge in [-0.05, 0) is 92.5 Å². The van der Waals surface area contributed by atoms with Crippen LogP contribution in [-0.4, -0.2) is 14.4 Å². The second kappa shape index (κ2) is 14.9. The molecule has 1 aliphatic rings. The molecule has 0 spiro atoms. The number of hydrogen-bond acceptors (Lipinski definition) is 3. The van der Waals surface area contributed by atoms with Crippen LogP contribution in [-0.2, 0) is 5.41 Å². The normalized spacial score (nSPS) is 13.0. The van der Waals surface area contributed by atoms with Gasteiger partial charge in [0.2, 0.25) is 0 Å². The molecule has 15 rings (SSSR count). The molecule has 0 saturated carbocycles. The predicted octanol–water partition coefficient (Wildman–Crippen LogP) is 17.8. The zero-order chi connectivity index (χ0) is 47.0. The van der Waals surface area contributed by atoms with E-state index >= 15 is 0 Å². The van der Waals surface area contributed by atoms with Crippen LogP contribution in [0.4, 0.5) is 0 Å². The topological polar surface area (TPSA) is 43.3 Å². The van der Waals surface area contributed by atoms with Crippen LogP contribution >= 0.6 is 0 Å². The summed E-state index contributed by atoms with van der Waals surface area (Å²) in [4.78, 5) is 10.4. The number of hydrogen-bond donors (Lipinski definition) is 0. The highest BCUT2D eigenvalue weighted by Crippen LogP contribution is 2.51. The number of furan rings is 1. The molecule has 0 unspecified atom stereocenters. The summed E-state index contributed by atoms with van der Waals surface area (Å²) in [5.74, 6) is 0.718. The van der Waals surface area contributed by atoms with Crippen molar-refractivity contribution in [3.8, 4) is 78.4 Å². The maximum atomic E-state index is 6.53. The van der Waals surface area contributed by atoms with Gasteiger partial charge in [-0.3, -0.25) is 0 Å². The third-order valence-corrected chi connectivity index (χ3v) is 15.4. The van der Waals surface area contributed by atoms with Gasteiger partial charge >= 0.3 is 0 Å². The van der Waals surface area contributed by atoms with Gasteiger partial charge in [0.05, 0.1) is 27.9 Å². The standard InChI is InChI=1S/C67H43N3O/c1-67(2)57-32-28-44(35-55(57)56-36-47(29-33-58(56)67)66-68-59(40-14-5-3-6-15-40)39-60(69-66)41-16-7-4-8-17-41)42-18-11-19-43(34-42)45-26-30-49-52-22-13-23-53-50-31-27-46(38-62(50)70(64(52)53)61(49)37-45)48-21-12-24-54-51-20-9-10-25-63(51)71-65(48)54/h3-39H,1-2H3. The van der Waals surface area contributed by atoms with Crippen molar-refractivity contribution in [3.63, 3.8) is 0 Å². The van der Waals surface area contributed by atoms with E-state index in [1.165, 1.54) is 82.6 Å². The molecule has 0 aliphatic heterocycles. The molecule has 0 amide bonds. The molecule has 10 aromatic carbocycles. The van der Waals surface area contributed by atoms with Crippen molar-refractivity contribution in [2.45, 2.75) is 19.3 Å². The second-order valence-corrected chi connectivity index (χ2v) is 19.7. The molecular formula is C67H43N3O. The molecule has 0 fully saturated rings. The Labute approximate surface area is 410 Å². The van der Waals surface area contributed by atoms with Crippen LogP contribution in [0, 0.1) is 0 Å². The monoisotopic (exact) mass is 905 g/mol. The molecule has 71 heavy (non-hydrogen) atoms. The molecule has 0 N–H and O–H groups in total. The van der Waals surface area contributed by atoms with Crippen LogP contribution in [0.15, 0.2) is 229 Å². The summed E-state index contributed by atoms with van der Waals surface area (Å²) >= 11 is 0. The maximum absolute atomic E-state index is 6.53. The van der Waals surface area contributed by atoms with E-state index < -0.39 is 0 Å². The summed E-state index contributed by atoms with van der Waals surface area (Å²) in [5, 5.41) is 7.32. The minimum absolute atomic E-state index is 0.164. The fourth-order valence-corrected chi connectivity index (χ4v) is 11.9. The molecule has 0 atom stereocenters. The van der Waals surface area contributed by atoms with Crippen LogP contribution in [0.1, 0.15) is 25.0 Å². The Morgan fingerprint density at radius 3 is 1.54 bits per heavy atom. The van der Waals surface area contributed by atoms with Crippen molar-refractivity contribution in [2.75, 3.05) is 0 Å². The average molecular weight is 906 g/mol. The minimum atomic E-state index is -0.164. The highest BCUT2D eigenvalue weighted by molar-refractivity contribution is 6.24. The first kappa shape index (κ1) is 39.8. The first-order valence-electron chi connectivity index (χ1n) is 24.5. The molecule has 0 bridgehead atoms. The van der Waals surface area contributed by atoms with Gasteiger partial charge < -0.3 is 8.82 Å². The molecule has 4 heterocycles. The van der Waals surface area contributed by atoms with Crippen molar-refractivity contribution in [1.82, 2.24) is 14.4 Å². The van der Waals surface area contributed by atoms with E-state index in [1.807, 2.05) is 18.2 Å². The Balaban J connectivity index is 0.830. The first-order valence-corrected chi connectivity index (χ1v) is 24.5. The van der Waals surface area contributed by atoms with E-state index in [0.717, 1.165) is 67.0 Å². The van der Waals surface area contributed by atoms with Gasteiger partial charge in [-0.25, -0.2) is 9.97 Å². The Morgan fingerprint density at radius 2 is 0.845 bits per heavy atom. The number of aromatic nitrogens is 3. The lowest BCUT2D eigenvalue weighted by Gasteiger charge is -2.21. The number of para-hydroxylation sites is 3. The third kappa shape index (κ3) is 5.98. The van der Waals surface area contributed by atoms with Gasteiger partial charge in [0.25, 0.3) is 0 Å². The van der Waals surface area contributed by atoms with Crippen LogP contribution in [0.2, 0.25) is 0 Å². The van der Waals surface area contributed by atoms with Crippen molar-refractivity contribution in [3.05, 3.63) is 236 Å². The average Bonchev–Trinajstić information content (AvgIpc) is 4.15. The molecule has 14 aromatic rings. The zero-order valence-electron chi connectivity index (χ0n) is 39.1. The summed E-state index contributed by atoms with van der Waals surface area (Å²) < 4.78 is 9.02. The van der Waals surface area contributed by atoms with Crippen molar-refractivity contribution in [2.24, 2.45) is 0 Å². The fraction of sp³-hybridized carbons (Fsp3) is 0.0448. The number of fused-ring (bicyclic) bond motifs is 12. The van der Waals surface area contributed by atoms with Gasteiger partial charge in [-0.2, -0.15) is 0 Å². The van der Waals surface area contributed by atoms with Crippen molar-refractivity contribution < 1.29 is 4.42 Å². The van der Waals surface area contributed by atoms with Crippen molar-refractivity contribution >= 4 is 60.0 Å². The molecule has 0 saturated heterocycles. The largest absolute Gasteiger partial charge is 0.455 e. The van der Waals surface area contributed by atoms with Gasteiger partial charge in [-0.15, -0.1) is 0 Å². The Morgan fingerprint density at radius 1 is 0.352 bits per heavy atom. The molecule has 0 radical (unpaired) electrons. The molecule has 4 nitrogen and oxygen atoms in total. The fourth-order valence-electron chi connectivity index (χ4n) is 11.9.